The highest BCUT2D eigenvalue weighted by molar-refractivity contribution is 7.11. The molecule has 2 nitrogen and oxygen atoms in total. The van der Waals surface area contributed by atoms with Crippen molar-refractivity contribution in [1.29, 1.82) is 0 Å². The lowest BCUT2D eigenvalue weighted by Gasteiger charge is -2.05. The third-order valence-electron chi connectivity index (χ3n) is 2.44. The zero-order valence-electron chi connectivity index (χ0n) is 9.55. The van der Waals surface area contributed by atoms with Gasteiger partial charge >= 0.3 is 0 Å². The molecule has 0 spiro atoms. The van der Waals surface area contributed by atoms with Gasteiger partial charge in [-0.2, -0.15) is 0 Å². The van der Waals surface area contributed by atoms with Crippen molar-refractivity contribution in [3.63, 3.8) is 0 Å². The second kappa shape index (κ2) is 5.25. The van der Waals surface area contributed by atoms with Crippen LogP contribution in [0.4, 0.5) is 5.69 Å². The number of hydrogen-bond donors (Lipinski definition) is 1. The lowest BCUT2D eigenvalue weighted by molar-refractivity contribution is 1.07. The summed E-state index contributed by atoms with van der Waals surface area (Å²) in [5.74, 6) is 0. The molecule has 2 rings (SSSR count). The van der Waals surface area contributed by atoms with Gasteiger partial charge in [-0.1, -0.05) is 23.2 Å². The summed E-state index contributed by atoms with van der Waals surface area (Å²) in [5, 5.41) is 5.48. The van der Waals surface area contributed by atoms with E-state index in [0.29, 0.717) is 16.6 Å². The average molecular weight is 287 g/mol. The van der Waals surface area contributed by atoms with E-state index in [4.69, 9.17) is 23.2 Å². The minimum atomic E-state index is 0.558. The van der Waals surface area contributed by atoms with E-state index in [-0.39, 0.29) is 0 Å². The lowest BCUT2D eigenvalue weighted by atomic mass is 10.3. The molecule has 1 heterocycles. The van der Waals surface area contributed by atoms with Gasteiger partial charge < -0.3 is 5.32 Å². The van der Waals surface area contributed by atoms with Gasteiger partial charge in [0.2, 0.25) is 0 Å². The normalized spacial score (nSPS) is 10.6. The molecule has 5 heteroatoms. The fourth-order valence-corrected chi connectivity index (χ4v) is 2.57. The summed E-state index contributed by atoms with van der Waals surface area (Å²) >= 11 is 13.5. The second-order valence-corrected chi connectivity index (χ2v) is 5.83. The molecular formula is C12H12Cl2N2S. The Morgan fingerprint density at radius 2 is 2.00 bits per heavy atom. The molecule has 90 valence electrons. The molecule has 1 aromatic carbocycles. The highest BCUT2D eigenvalue weighted by Crippen LogP contribution is 2.25. The molecule has 0 aliphatic carbocycles. The Labute approximate surface area is 115 Å². The van der Waals surface area contributed by atoms with Gasteiger partial charge in [-0.05, 0) is 32.0 Å². The maximum Gasteiger partial charge on any atom is 0.112 e. The van der Waals surface area contributed by atoms with E-state index in [1.54, 1.807) is 17.4 Å². The van der Waals surface area contributed by atoms with Crippen LogP contribution in [0.5, 0.6) is 0 Å². The molecule has 0 fully saturated rings. The van der Waals surface area contributed by atoms with E-state index in [1.165, 1.54) is 4.88 Å². The minimum absolute atomic E-state index is 0.558. The first-order valence-electron chi connectivity index (χ1n) is 5.18. The van der Waals surface area contributed by atoms with Crippen LogP contribution in [-0.2, 0) is 6.54 Å². The van der Waals surface area contributed by atoms with Gasteiger partial charge in [0.25, 0.3) is 0 Å². The van der Waals surface area contributed by atoms with Crippen LogP contribution in [0.1, 0.15) is 15.6 Å². The SMILES string of the molecule is Cc1nc(CNc2ccc(Cl)c(Cl)c2)sc1C. The number of aryl methyl sites for hydroxylation is 2. The molecule has 0 bridgehead atoms. The van der Waals surface area contributed by atoms with E-state index in [0.717, 1.165) is 16.4 Å². The number of hydrogen-bond acceptors (Lipinski definition) is 3. The maximum absolute atomic E-state index is 5.94. The zero-order chi connectivity index (χ0) is 12.4. The highest BCUT2D eigenvalue weighted by Gasteiger charge is 2.04. The van der Waals surface area contributed by atoms with Gasteiger partial charge in [0.15, 0.2) is 0 Å². The third-order valence-corrected chi connectivity index (χ3v) is 4.25. The molecule has 0 radical (unpaired) electrons. The predicted molar refractivity (Wildman–Crippen MR) is 75.4 cm³/mol. The first kappa shape index (κ1) is 12.7. The molecule has 1 aromatic heterocycles. The van der Waals surface area contributed by atoms with E-state index >= 15 is 0 Å². The second-order valence-electron chi connectivity index (χ2n) is 3.73. The molecule has 0 saturated heterocycles. The fraction of sp³-hybridized carbons (Fsp3) is 0.250. The van der Waals surface area contributed by atoms with Gasteiger partial charge in [-0.15, -0.1) is 11.3 Å². The summed E-state index contributed by atoms with van der Waals surface area (Å²) in [6.07, 6.45) is 0. The minimum Gasteiger partial charge on any atom is -0.378 e. The summed E-state index contributed by atoms with van der Waals surface area (Å²) in [4.78, 5) is 5.72. The van der Waals surface area contributed by atoms with Crippen LogP contribution in [-0.4, -0.2) is 4.98 Å². The molecule has 0 amide bonds. The molecule has 0 atom stereocenters. The van der Waals surface area contributed by atoms with Crippen LogP contribution in [0.2, 0.25) is 10.0 Å². The molecule has 17 heavy (non-hydrogen) atoms. The number of anilines is 1. The average Bonchev–Trinajstić information content (AvgIpc) is 2.60. The van der Waals surface area contributed by atoms with E-state index in [9.17, 15) is 0 Å². The zero-order valence-corrected chi connectivity index (χ0v) is 11.9. The highest BCUT2D eigenvalue weighted by atomic mass is 35.5. The largest absolute Gasteiger partial charge is 0.378 e. The number of aromatic nitrogens is 1. The smallest absolute Gasteiger partial charge is 0.112 e. The van der Waals surface area contributed by atoms with E-state index < -0.39 is 0 Å². The first-order chi connectivity index (χ1) is 8.06. The summed E-state index contributed by atoms with van der Waals surface area (Å²) < 4.78 is 0. The Morgan fingerprint density at radius 1 is 1.24 bits per heavy atom. The molecule has 0 aliphatic rings. The molecule has 0 aliphatic heterocycles. The number of thiazole rings is 1. The van der Waals surface area contributed by atoms with Gasteiger partial charge in [-0.3, -0.25) is 0 Å². The topological polar surface area (TPSA) is 24.9 Å². The standard InChI is InChI=1S/C12H12Cl2N2S/c1-7-8(2)17-12(16-7)6-15-9-3-4-10(13)11(14)5-9/h3-5,15H,6H2,1-2H3. The van der Waals surface area contributed by atoms with Crippen LogP contribution in [0.25, 0.3) is 0 Å². The molecule has 1 N–H and O–H groups in total. The Balaban J connectivity index is 2.04. The van der Waals surface area contributed by atoms with Crippen LogP contribution in [0.3, 0.4) is 0 Å². The van der Waals surface area contributed by atoms with E-state index in [1.807, 2.05) is 19.1 Å². The quantitative estimate of drug-likeness (QED) is 0.886. The van der Waals surface area contributed by atoms with Crippen LogP contribution >= 0.6 is 34.5 Å². The maximum atomic E-state index is 5.94. The number of nitrogens with zero attached hydrogens (tertiary/aromatic N) is 1. The van der Waals surface area contributed by atoms with Crippen molar-refractivity contribution in [2.24, 2.45) is 0 Å². The van der Waals surface area contributed by atoms with Gasteiger partial charge in [-0.25, -0.2) is 4.98 Å². The molecule has 0 saturated carbocycles. The van der Waals surface area contributed by atoms with Crippen molar-refractivity contribution >= 4 is 40.2 Å². The molecule has 2 aromatic rings. The fourth-order valence-electron chi connectivity index (χ4n) is 1.40. The molecule has 0 unspecified atom stereocenters. The summed E-state index contributed by atoms with van der Waals surface area (Å²) in [6.45, 7) is 4.81. The van der Waals surface area contributed by atoms with Crippen LogP contribution in [0.15, 0.2) is 18.2 Å². The lowest BCUT2D eigenvalue weighted by Crippen LogP contribution is -1.98. The third kappa shape index (κ3) is 3.12. The van der Waals surface area contributed by atoms with Gasteiger partial charge in [0, 0.05) is 10.6 Å². The summed E-state index contributed by atoms with van der Waals surface area (Å²) in [5.41, 5.74) is 2.05. The Bertz CT molecular complexity index is 518. The monoisotopic (exact) mass is 286 g/mol. The summed E-state index contributed by atoms with van der Waals surface area (Å²) in [7, 11) is 0. The van der Waals surface area contributed by atoms with Crippen molar-refractivity contribution in [2.75, 3.05) is 5.32 Å². The Kier molecular flexibility index (Phi) is 3.92. The number of benzene rings is 1. The molecular weight excluding hydrogens is 275 g/mol. The number of nitrogens with one attached hydrogen (secondary N) is 1. The van der Waals surface area contributed by atoms with Crippen molar-refractivity contribution < 1.29 is 0 Å². The summed E-state index contributed by atoms with van der Waals surface area (Å²) in [6, 6.07) is 5.50. The van der Waals surface area contributed by atoms with Gasteiger partial charge in [0.05, 0.1) is 22.3 Å². The Morgan fingerprint density at radius 3 is 2.59 bits per heavy atom. The van der Waals surface area contributed by atoms with Crippen molar-refractivity contribution in [2.45, 2.75) is 20.4 Å². The predicted octanol–water partition coefficient (Wildman–Crippen LogP) is 4.68. The van der Waals surface area contributed by atoms with Gasteiger partial charge in [0.1, 0.15) is 5.01 Å². The Hall–Kier alpha value is -0.770. The van der Waals surface area contributed by atoms with Crippen molar-refractivity contribution in [3.8, 4) is 0 Å². The first-order valence-corrected chi connectivity index (χ1v) is 6.75. The van der Waals surface area contributed by atoms with Crippen LogP contribution in [0, 0.1) is 13.8 Å². The van der Waals surface area contributed by atoms with Crippen LogP contribution < -0.4 is 5.32 Å². The number of rotatable bonds is 3. The number of halogens is 2. The van der Waals surface area contributed by atoms with Crippen molar-refractivity contribution in [3.05, 3.63) is 43.8 Å². The van der Waals surface area contributed by atoms with E-state index in [2.05, 4.69) is 17.2 Å². The van der Waals surface area contributed by atoms with Crippen molar-refractivity contribution in [1.82, 2.24) is 4.98 Å².